The van der Waals surface area contributed by atoms with Crippen molar-refractivity contribution in [2.45, 2.75) is 64.8 Å². The summed E-state index contributed by atoms with van der Waals surface area (Å²) < 4.78 is 5.66. The van der Waals surface area contributed by atoms with Gasteiger partial charge in [-0.15, -0.1) is 0 Å². The van der Waals surface area contributed by atoms with Crippen LogP contribution in [-0.2, 0) is 22.0 Å². The molecule has 4 nitrogen and oxygen atoms in total. The maximum atomic E-state index is 12.3. The van der Waals surface area contributed by atoms with Gasteiger partial charge < -0.3 is 16.2 Å². The van der Waals surface area contributed by atoms with E-state index in [0.717, 1.165) is 16.9 Å². The van der Waals surface area contributed by atoms with E-state index in [1.54, 1.807) is 7.11 Å². The molecule has 4 N–H and O–H groups in total. The van der Waals surface area contributed by atoms with Gasteiger partial charge in [0.1, 0.15) is 5.75 Å². The molecular weight excluding hydrogens is 288 g/mol. The van der Waals surface area contributed by atoms with Crippen LogP contribution in [0.2, 0.25) is 0 Å². The smallest absolute Gasteiger partial charge is 0.155 e. The van der Waals surface area contributed by atoms with Crippen LogP contribution < -0.4 is 16.2 Å². The molecule has 0 fully saturated rings. The molecule has 0 spiro atoms. The van der Waals surface area contributed by atoms with E-state index in [4.69, 9.17) is 16.2 Å². The van der Waals surface area contributed by atoms with Crippen molar-refractivity contribution in [3.63, 3.8) is 0 Å². The van der Waals surface area contributed by atoms with E-state index in [1.165, 1.54) is 5.56 Å². The van der Waals surface area contributed by atoms with Gasteiger partial charge in [0.05, 0.1) is 13.2 Å². The standard InChI is InChI=1S/C19H32N2O2/c1-18(2,3)13-8-12(9-16(22)15(21)11-20)17(23-7)14(10-13)19(4,5)6/h8,10,15H,9,11,20-21H2,1-7H3. The molecule has 0 radical (unpaired) electrons. The predicted octanol–water partition coefficient (Wildman–Crippen LogP) is 2.69. The Morgan fingerprint density at radius 2 is 1.70 bits per heavy atom. The highest BCUT2D eigenvalue weighted by Gasteiger charge is 2.27. The van der Waals surface area contributed by atoms with Crippen molar-refractivity contribution in [3.8, 4) is 5.75 Å². The Balaban J connectivity index is 3.50. The maximum absolute atomic E-state index is 12.3. The summed E-state index contributed by atoms with van der Waals surface area (Å²) >= 11 is 0. The fraction of sp³-hybridized carbons (Fsp3) is 0.632. The Kier molecular flexibility index (Phi) is 6.00. The summed E-state index contributed by atoms with van der Waals surface area (Å²) in [6, 6.07) is 3.63. The first kappa shape index (κ1) is 19.7. The van der Waals surface area contributed by atoms with E-state index in [-0.39, 0.29) is 29.6 Å². The van der Waals surface area contributed by atoms with Gasteiger partial charge in [-0.05, 0) is 16.4 Å². The molecule has 0 bridgehead atoms. The zero-order valence-corrected chi connectivity index (χ0v) is 15.6. The number of carbonyl (C=O) groups is 1. The van der Waals surface area contributed by atoms with Crippen LogP contribution in [0.5, 0.6) is 5.75 Å². The molecule has 1 unspecified atom stereocenters. The molecule has 0 saturated heterocycles. The van der Waals surface area contributed by atoms with Crippen LogP contribution in [0, 0.1) is 0 Å². The third kappa shape index (κ3) is 4.79. The molecule has 1 aromatic rings. The van der Waals surface area contributed by atoms with Crippen molar-refractivity contribution < 1.29 is 9.53 Å². The number of nitrogens with two attached hydrogens (primary N) is 2. The zero-order chi connectivity index (χ0) is 18.0. The van der Waals surface area contributed by atoms with E-state index in [1.807, 2.05) is 0 Å². The van der Waals surface area contributed by atoms with Gasteiger partial charge in [-0.3, -0.25) is 4.79 Å². The summed E-state index contributed by atoms with van der Waals surface area (Å²) in [6.07, 6.45) is 0.245. The second-order valence-electron chi connectivity index (χ2n) is 8.20. The SMILES string of the molecule is COc1c(CC(=O)C(N)CN)cc(C(C)(C)C)cc1C(C)(C)C. The number of ketones is 1. The quantitative estimate of drug-likeness (QED) is 0.874. The Morgan fingerprint density at radius 3 is 2.09 bits per heavy atom. The van der Waals surface area contributed by atoms with Gasteiger partial charge in [0, 0.05) is 24.1 Å². The third-order valence-corrected chi connectivity index (χ3v) is 4.08. The van der Waals surface area contributed by atoms with Crippen LogP contribution in [0.3, 0.4) is 0 Å². The minimum absolute atomic E-state index is 0.0138. The normalized spacial score (nSPS) is 13.8. The molecule has 0 aliphatic heterocycles. The Hall–Kier alpha value is -1.39. The number of hydrogen-bond donors (Lipinski definition) is 2. The van der Waals surface area contributed by atoms with E-state index < -0.39 is 6.04 Å². The first-order chi connectivity index (χ1) is 10.4. The van der Waals surface area contributed by atoms with Gasteiger partial charge in [0.2, 0.25) is 0 Å². The molecule has 0 amide bonds. The van der Waals surface area contributed by atoms with Crippen molar-refractivity contribution in [2.75, 3.05) is 13.7 Å². The van der Waals surface area contributed by atoms with Gasteiger partial charge in [0.25, 0.3) is 0 Å². The molecule has 23 heavy (non-hydrogen) atoms. The highest BCUT2D eigenvalue weighted by Crippen LogP contribution is 2.38. The second-order valence-corrected chi connectivity index (χ2v) is 8.20. The van der Waals surface area contributed by atoms with Crippen LogP contribution in [0.15, 0.2) is 12.1 Å². The fourth-order valence-corrected chi connectivity index (χ4v) is 2.50. The molecule has 0 heterocycles. The van der Waals surface area contributed by atoms with E-state index in [2.05, 4.69) is 53.7 Å². The monoisotopic (exact) mass is 320 g/mol. The Morgan fingerprint density at radius 1 is 1.13 bits per heavy atom. The van der Waals surface area contributed by atoms with Crippen LogP contribution >= 0.6 is 0 Å². The zero-order valence-electron chi connectivity index (χ0n) is 15.6. The fourth-order valence-electron chi connectivity index (χ4n) is 2.50. The van der Waals surface area contributed by atoms with Crippen molar-refractivity contribution >= 4 is 5.78 Å². The molecule has 0 aromatic heterocycles. The average molecular weight is 320 g/mol. The Bertz CT molecular complexity index is 566. The minimum Gasteiger partial charge on any atom is -0.496 e. The molecule has 130 valence electrons. The molecular formula is C19H32N2O2. The average Bonchev–Trinajstić information content (AvgIpc) is 2.43. The molecule has 0 aliphatic carbocycles. The second kappa shape index (κ2) is 7.02. The number of hydrogen-bond acceptors (Lipinski definition) is 4. The molecule has 4 heteroatoms. The van der Waals surface area contributed by atoms with Crippen LogP contribution in [0.25, 0.3) is 0 Å². The summed E-state index contributed by atoms with van der Waals surface area (Å²) in [6.45, 7) is 13.1. The molecule has 1 atom stereocenters. The number of carbonyl (C=O) groups excluding carboxylic acids is 1. The minimum atomic E-state index is -0.629. The van der Waals surface area contributed by atoms with E-state index >= 15 is 0 Å². The Labute approximate surface area is 140 Å². The third-order valence-electron chi connectivity index (χ3n) is 4.08. The van der Waals surface area contributed by atoms with E-state index in [0.29, 0.717) is 0 Å². The summed E-state index contributed by atoms with van der Waals surface area (Å²) in [7, 11) is 1.65. The first-order valence-electron chi connectivity index (χ1n) is 8.12. The summed E-state index contributed by atoms with van der Waals surface area (Å²) in [5.41, 5.74) is 14.4. The van der Waals surface area contributed by atoms with Crippen LogP contribution in [0.1, 0.15) is 58.2 Å². The number of methoxy groups -OCH3 is 1. The lowest BCUT2D eigenvalue weighted by Gasteiger charge is -2.29. The lowest BCUT2D eigenvalue weighted by Crippen LogP contribution is -2.38. The van der Waals surface area contributed by atoms with Gasteiger partial charge in [-0.2, -0.15) is 0 Å². The van der Waals surface area contributed by atoms with Gasteiger partial charge in [0.15, 0.2) is 5.78 Å². The number of ether oxygens (including phenoxy) is 1. The topological polar surface area (TPSA) is 78.3 Å². The van der Waals surface area contributed by atoms with Gasteiger partial charge >= 0.3 is 0 Å². The largest absolute Gasteiger partial charge is 0.496 e. The molecule has 1 aromatic carbocycles. The van der Waals surface area contributed by atoms with Gasteiger partial charge in [-0.1, -0.05) is 53.7 Å². The van der Waals surface area contributed by atoms with Crippen molar-refractivity contribution in [1.82, 2.24) is 0 Å². The lowest BCUT2D eigenvalue weighted by molar-refractivity contribution is -0.119. The molecule has 1 rings (SSSR count). The van der Waals surface area contributed by atoms with Crippen molar-refractivity contribution in [3.05, 3.63) is 28.8 Å². The van der Waals surface area contributed by atoms with Crippen molar-refractivity contribution in [1.29, 1.82) is 0 Å². The predicted molar refractivity (Wildman–Crippen MR) is 96.1 cm³/mol. The first-order valence-corrected chi connectivity index (χ1v) is 8.12. The lowest BCUT2D eigenvalue weighted by atomic mass is 9.78. The number of rotatable bonds is 5. The number of benzene rings is 1. The summed E-state index contributed by atoms with van der Waals surface area (Å²) in [5, 5.41) is 0. The summed E-state index contributed by atoms with van der Waals surface area (Å²) in [4.78, 5) is 12.3. The molecule has 0 aliphatic rings. The van der Waals surface area contributed by atoms with E-state index in [9.17, 15) is 4.79 Å². The van der Waals surface area contributed by atoms with Crippen molar-refractivity contribution in [2.24, 2.45) is 11.5 Å². The molecule has 0 saturated carbocycles. The van der Waals surface area contributed by atoms with Gasteiger partial charge in [-0.25, -0.2) is 0 Å². The highest BCUT2D eigenvalue weighted by atomic mass is 16.5. The maximum Gasteiger partial charge on any atom is 0.155 e. The summed E-state index contributed by atoms with van der Waals surface area (Å²) in [5.74, 6) is 0.722. The van der Waals surface area contributed by atoms with Crippen LogP contribution in [0.4, 0.5) is 0 Å². The van der Waals surface area contributed by atoms with Crippen LogP contribution in [-0.4, -0.2) is 25.5 Å². The number of Topliss-reactive ketones (excluding diaryl/α,β-unsaturated/α-hetero) is 1. The highest BCUT2D eigenvalue weighted by molar-refractivity contribution is 5.86.